The monoisotopic (exact) mass is 339 g/mol. The molecule has 0 spiro atoms. The van der Waals surface area contributed by atoms with Crippen LogP contribution in [0.2, 0.25) is 5.15 Å². The number of benzene rings is 1. The highest BCUT2D eigenvalue weighted by Crippen LogP contribution is 2.16. The average Bonchev–Trinajstić information content (AvgIpc) is 2.48. The molecular formula is C16H18ClNO3S. The van der Waals surface area contributed by atoms with Crippen molar-refractivity contribution in [3.05, 3.63) is 58.9 Å². The summed E-state index contributed by atoms with van der Waals surface area (Å²) in [4.78, 5) is 4.18. The Balaban J connectivity index is 1.93. The fourth-order valence-electron chi connectivity index (χ4n) is 1.97. The summed E-state index contributed by atoms with van der Waals surface area (Å²) in [5.74, 6) is 0.0446. The number of hydrogen-bond acceptors (Lipinski definition) is 4. The van der Waals surface area contributed by atoms with E-state index >= 15 is 0 Å². The van der Waals surface area contributed by atoms with Gasteiger partial charge in [-0.15, -0.1) is 0 Å². The molecular weight excluding hydrogens is 322 g/mol. The summed E-state index contributed by atoms with van der Waals surface area (Å²) in [7, 11) is -3.71. The molecule has 1 aromatic carbocycles. The van der Waals surface area contributed by atoms with Gasteiger partial charge < -0.3 is 0 Å². The Bertz CT molecular complexity index is 712. The van der Waals surface area contributed by atoms with Crippen LogP contribution in [0, 0.1) is 12.8 Å². The first-order valence-corrected chi connectivity index (χ1v) is 8.72. The Morgan fingerprint density at radius 3 is 2.45 bits per heavy atom. The molecule has 0 aliphatic carbocycles. The van der Waals surface area contributed by atoms with E-state index in [-0.39, 0.29) is 17.4 Å². The van der Waals surface area contributed by atoms with Crippen LogP contribution in [-0.2, 0) is 20.7 Å². The average molecular weight is 340 g/mol. The highest BCUT2D eigenvalue weighted by molar-refractivity contribution is 7.86. The second kappa shape index (κ2) is 7.22. The van der Waals surface area contributed by atoms with E-state index in [1.54, 1.807) is 36.5 Å². The Labute approximate surface area is 136 Å². The predicted octanol–water partition coefficient (Wildman–Crippen LogP) is 3.63. The van der Waals surface area contributed by atoms with Gasteiger partial charge in [-0.25, -0.2) is 4.98 Å². The molecule has 0 saturated heterocycles. The first kappa shape index (κ1) is 16.9. The summed E-state index contributed by atoms with van der Waals surface area (Å²) < 4.78 is 29.3. The second-order valence-corrected chi connectivity index (χ2v) is 7.35. The van der Waals surface area contributed by atoms with Crippen molar-refractivity contribution >= 4 is 21.7 Å². The summed E-state index contributed by atoms with van der Waals surface area (Å²) in [6.07, 6.45) is 2.36. The number of nitrogens with zero attached hydrogens (tertiary/aromatic N) is 1. The standard InChI is InChI=1S/C16H18ClNO3S/c1-12-3-6-15(7-4-12)22(19,20)21-11-13(2)9-14-5-8-16(17)18-10-14/h3-8,10,13H,9,11H2,1-2H3. The van der Waals surface area contributed by atoms with Crippen LogP contribution in [0.25, 0.3) is 0 Å². The van der Waals surface area contributed by atoms with Crippen molar-refractivity contribution < 1.29 is 12.6 Å². The molecule has 118 valence electrons. The van der Waals surface area contributed by atoms with Gasteiger partial charge in [0.25, 0.3) is 10.1 Å². The molecule has 1 atom stereocenters. The minimum absolute atomic E-state index is 0.0446. The van der Waals surface area contributed by atoms with Gasteiger partial charge in [-0.2, -0.15) is 8.42 Å². The van der Waals surface area contributed by atoms with Crippen molar-refractivity contribution in [1.29, 1.82) is 0 Å². The van der Waals surface area contributed by atoms with E-state index < -0.39 is 10.1 Å². The number of pyridine rings is 1. The molecule has 0 amide bonds. The van der Waals surface area contributed by atoms with Crippen LogP contribution >= 0.6 is 11.6 Å². The Kier molecular flexibility index (Phi) is 5.56. The van der Waals surface area contributed by atoms with Crippen LogP contribution in [0.5, 0.6) is 0 Å². The molecule has 0 saturated carbocycles. The van der Waals surface area contributed by atoms with E-state index in [1.807, 2.05) is 19.9 Å². The Morgan fingerprint density at radius 2 is 1.86 bits per heavy atom. The zero-order valence-electron chi connectivity index (χ0n) is 12.5. The van der Waals surface area contributed by atoms with Crippen LogP contribution in [-0.4, -0.2) is 20.0 Å². The molecule has 22 heavy (non-hydrogen) atoms. The van der Waals surface area contributed by atoms with E-state index in [4.69, 9.17) is 15.8 Å². The zero-order chi connectivity index (χ0) is 16.2. The number of aromatic nitrogens is 1. The van der Waals surface area contributed by atoms with Gasteiger partial charge in [0, 0.05) is 6.20 Å². The van der Waals surface area contributed by atoms with Crippen LogP contribution in [0.1, 0.15) is 18.1 Å². The summed E-state index contributed by atoms with van der Waals surface area (Å²) in [5.41, 5.74) is 2.00. The first-order chi connectivity index (χ1) is 10.4. The van der Waals surface area contributed by atoms with Gasteiger partial charge in [0.2, 0.25) is 0 Å². The lowest BCUT2D eigenvalue weighted by Crippen LogP contribution is -2.14. The van der Waals surface area contributed by atoms with Crippen LogP contribution < -0.4 is 0 Å². The van der Waals surface area contributed by atoms with Crippen LogP contribution in [0.4, 0.5) is 0 Å². The highest BCUT2D eigenvalue weighted by Gasteiger charge is 2.16. The fourth-order valence-corrected chi connectivity index (χ4v) is 3.10. The maximum absolute atomic E-state index is 12.1. The van der Waals surface area contributed by atoms with Gasteiger partial charge in [0.15, 0.2) is 0 Å². The van der Waals surface area contributed by atoms with Gasteiger partial charge in [0.1, 0.15) is 5.15 Å². The van der Waals surface area contributed by atoms with Gasteiger partial charge in [-0.3, -0.25) is 4.18 Å². The first-order valence-electron chi connectivity index (χ1n) is 6.93. The molecule has 0 bridgehead atoms. The van der Waals surface area contributed by atoms with Crippen molar-refractivity contribution in [2.75, 3.05) is 6.61 Å². The van der Waals surface area contributed by atoms with Gasteiger partial charge in [0.05, 0.1) is 11.5 Å². The van der Waals surface area contributed by atoms with E-state index in [1.165, 1.54) is 0 Å². The summed E-state index contributed by atoms with van der Waals surface area (Å²) in [6.45, 7) is 3.96. The maximum Gasteiger partial charge on any atom is 0.296 e. The van der Waals surface area contributed by atoms with Crippen molar-refractivity contribution in [3.63, 3.8) is 0 Å². The molecule has 0 aliphatic heterocycles. The van der Waals surface area contributed by atoms with E-state index in [0.717, 1.165) is 11.1 Å². The topological polar surface area (TPSA) is 56.3 Å². The minimum atomic E-state index is -3.71. The second-order valence-electron chi connectivity index (χ2n) is 5.35. The molecule has 1 unspecified atom stereocenters. The third kappa shape index (κ3) is 4.80. The van der Waals surface area contributed by atoms with E-state index in [9.17, 15) is 8.42 Å². The van der Waals surface area contributed by atoms with Crippen molar-refractivity contribution in [1.82, 2.24) is 4.98 Å². The number of hydrogen-bond donors (Lipinski definition) is 0. The van der Waals surface area contributed by atoms with Gasteiger partial charge >= 0.3 is 0 Å². The normalized spacial score (nSPS) is 13.0. The molecule has 0 N–H and O–H groups in total. The molecule has 1 aromatic heterocycles. The lowest BCUT2D eigenvalue weighted by Gasteiger charge is -2.12. The van der Waals surface area contributed by atoms with Crippen LogP contribution in [0.3, 0.4) is 0 Å². The SMILES string of the molecule is Cc1ccc(S(=O)(=O)OCC(C)Cc2ccc(Cl)nc2)cc1. The molecule has 1 heterocycles. The molecule has 0 aliphatic rings. The maximum atomic E-state index is 12.1. The highest BCUT2D eigenvalue weighted by atomic mass is 35.5. The van der Waals surface area contributed by atoms with Gasteiger partial charge in [-0.05, 0) is 43.0 Å². The van der Waals surface area contributed by atoms with Crippen molar-refractivity contribution in [3.8, 4) is 0 Å². The van der Waals surface area contributed by atoms with Crippen LogP contribution in [0.15, 0.2) is 47.5 Å². The van der Waals surface area contributed by atoms with E-state index in [0.29, 0.717) is 11.6 Å². The Hall–Kier alpha value is -1.43. The molecule has 2 aromatic rings. The minimum Gasteiger partial charge on any atom is -0.266 e. The molecule has 2 rings (SSSR count). The van der Waals surface area contributed by atoms with Gasteiger partial charge in [-0.1, -0.05) is 42.3 Å². The van der Waals surface area contributed by atoms with E-state index in [2.05, 4.69) is 4.98 Å². The largest absolute Gasteiger partial charge is 0.296 e. The summed E-state index contributed by atoms with van der Waals surface area (Å²) in [5, 5.41) is 0.439. The number of rotatable bonds is 6. The quantitative estimate of drug-likeness (QED) is 0.595. The third-order valence-electron chi connectivity index (χ3n) is 3.19. The Morgan fingerprint density at radius 1 is 1.18 bits per heavy atom. The fraction of sp³-hybridized carbons (Fsp3) is 0.312. The molecule has 4 nitrogen and oxygen atoms in total. The molecule has 6 heteroatoms. The lowest BCUT2D eigenvalue weighted by molar-refractivity contribution is 0.264. The number of aryl methyl sites for hydroxylation is 1. The predicted molar refractivity (Wildman–Crippen MR) is 86.4 cm³/mol. The lowest BCUT2D eigenvalue weighted by atomic mass is 10.0. The molecule has 0 radical (unpaired) electrons. The third-order valence-corrected chi connectivity index (χ3v) is 4.71. The van der Waals surface area contributed by atoms with Crippen molar-refractivity contribution in [2.45, 2.75) is 25.2 Å². The summed E-state index contributed by atoms with van der Waals surface area (Å²) in [6, 6.07) is 10.2. The summed E-state index contributed by atoms with van der Waals surface area (Å²) >= 11 is 5.73. The zero-order valence-corrected chi connectivity index (χ0v) is 14.1. The smallest absolute Gasteiger partial charge is 0.266 e. The number of halogens is 1. The molecule has 0 fully saturated rings. The van der Waals surface area contributed by atoms with Crippen molar-refractivity contribution in [2.24, 2.45) is 5.92 Å².